The van der Waals surface area contributed by atoms with Crippen LogP contribution in [0.1, 0.15) is 105 Å². The van der Waals surface area contributed by atoms with E-state index in [1.54, 1.807) is 13.0 Å². The molecule has 3 aromatic rings. The Bertz CT molecular complexity index is 1980. The number of hydrogen-bond acceptors (Lipinski definition) is 5. The Morgan fingerprint density at radius 1 is 0.894 bits per heavy atom. The summed E-state index contributed by atoms with van der Waals surface area (Å²) in [7, 11) is 0. The number of carboxylic acid groups (broad SMARTS) is 3. The zero-order valence-corrected chi connectivity index (χ0v) is 34.5. The van der Waals surface area contributed by atoms with Gasteiger partial charge in [-0.2, -0.15) is 0 Å². The summed E-state index contributed by atoms with van der Waals surface area (Å²) in [6.45, 7) is 13.7. The molecule has 0 fully saturated rings. The van der Waals surface area contributed by atoms with Gasteiger partial charge in [0.15, 0.2) is 0 Å². The fourth-order valence-corrected chi connectivity index (χ4v) is 6.53. The summed E-state index contributed by atoms with van der Waals surface area (Å²) >= 11 is 0. The van der Waals surface area contributed by atoms with Crippen LogP contribution in [0.4, 0.5) is 0 Å². The molecule has 0 radical (unpaired) electrons. The molecule has 2 aliphatic heterocycles. The summed E-state index contributed by atoms with van der Waals surface area (Å²) in [5.74, 6) is -4.08. The molecule has 0 saturated heterocycles. The van der Waals surface area contributed by atoms with Crippen LogP contribution >= 0.6 is 0 Å². The molecule has 0 aliphatic carbocycles. The van der Waals surface area contributed by atoms with Crippen LogP contribution in [0.15, 0.2) is 30.9 Å². The Morgan fingerprint density at radius 2 is 1.55 bits per heavy atom. The van der Waals surface area contributed by atoms with Gasteiger partial charge in [0, 0.05) is 51.6 Å². The van der Waals surface area contributed by atoms with Gasteiger partial charge in [0.2, 0.25) is 0 Å². The maximum atomic E-state index is 12.7. The van der Waals surface area contributed by atoms with Crippen molar-refractivity contribution in [2.24, 2.45) is 0 Å². The standard InChI is InChI=1S/C34H36N4O6.3Na.3H/c1-7-19-15(3)23-12-25-17(5)21(9-10-29(39)40)32(37-25)22(11-30(41)42)33-31(34(43)44)18(6)26(38-33)14-28-20(8-2)16(4)24(36-28)13-27(19)35-23;;;;;;/h7,12-14,17,21,36,38H,1,8-11H2,2-6H3,(H,39,40)(H,41,42)(H,43,44);;;;;;/q;3*+1;3*-1/t17-,21-;;;;;;/m0....../s1. The van der Waals surface area contributed by atoms with Crippen molar-refractivity contribution in [1.29, 1.82) is 0 Å². The van der Waals surface area contributed by atoms with Gasteiger partial charge < -0.3 is 29.6 Å². The zero-order chi connectivity index (χ0) is 32.0. The SMILES string of the molecule is C=CC1=C(C)c2cc3nc(c(CC(=O)O)c4[nH]c(cc5[nH]c(cc1n2)c(C)c5CC)c(C)c4C(=O)O)[C@@H](CCC(=O)O)[C@@H]3C.[H-].[H-].[H-].[Na+].[Na+].[Na+]. The molecule has 0 aromatic carbocycles. The summed E-state index contributed by atoms with van der Waals surface area (Å²) in [5, 5.41) is 29.9. The summed E-state index contributed by atoms with van der Waals surface area (Å²) in [5.41, 5.74) is 9.27. The minimum atomic E-state index is -1.20. The number of aryl methyl sites for hydroxylation is 3. The Labute approximate surface area is 343 Å². The molecule has 47 heavy (non-hydrogen) atoms. The van der Waals surface area contributed by atoms with Crippen LogP contribution < -0.4 is 88.7 Å². The van der Waals surface area contributed by atoms with Crippen LogP contribution in [0.2, 0.25) is 0 Å². The molecule has 0 amide bonds. The van der Waals surface area contributed by atoms with E-state index in [1.807, 2.05) is 45.9 Å². The van der Waals surface area contributed by atoms with Gasteiger partial charge in [-0.05, 0) is 74.1 Å². The number of aromatic amines is 2. The predicted molar refractivity (Wildman–Crippen MR) is 172 cm³/mol. The first-order valence-electron chi connectivity index (χ1n) is 14.6. The Morgan fingerprint density at radius 3 is 2.13 bits per heavy atom. The van der Waals surface area contributed by atoms with Crippen LogP contribution in [0.25, 0.3) is 33.2 Å². The monoisotopic (exact) mass is 668 g/mol. The largest absolute Gasteiger partial charge is 1.00 e. The Kier molecular flexibility index (Phi) is 14.6. The molecule has 0 spiro atoms. The van der Waals surface area contributed by atoms with Gasteiger partial charge in [0.05, 0.1) is 34.6 Å². The van der Waals surface area contributed by atoms with Crippen LogP contribution in [-0.4, -0.2) is 53.2 Å². The molecule has 13 heteroatoms. The maximum absolute atomic E-state index is 12.7. The first-order chi connectivity index (χ1) is 20.9. The first kappa shape index (κ1) is 41.2. The molecule has 8 bridgehead atoms. The third kappa shape index (κ3) is 7.92. The molecule has 10 nitrogen and oxygen atoms in total. The van der Waals surface area contributed by atoms with E-state index in [0.29, 0.717) is 28.2 Å². The third-order valence-electron chi connectivity index (χ3n) is 8.95. The van der Waals surface area contributed by atoms with Crippen molar-refractivity contribution in [2.45, 2.75) is 72.1 Å². The van der Waals surface area contributed by atoms with E-state index in [2.05, 4.69) is 16.5 Å². The summed E-state index contributed by atoms with van der Waals surface area (Å²) in [6.07, 6.45) is 2.04. The number of fused-ring (bicyclic) bond motifs is 8. The molecule has 2 aliphatic rings. The van der Waals surface area contributed by atoms with Gasteiger partial charge in [0.25, 0.3) is 0 Å². The van der Waals surface area contributed by atoms with E-state index in [9.17, 15) is 29.7 Å². The van der Waals surface area contributed by atoms with Gasteiger partial charge >= 0.3 is 107 Å². The van der Waals surface area contributed by atoms with E-state index in [-0.39, 0.29) is 128 Å². The van der Waals surface area contributed by atoms with Crippen molar-refractivity contribution in [3.63, 3.8) is 0 Å². The Hall–Kier alpha value is -1.99. The maximum Gasteiger partial charge on any atom is 1.00 e. The molecule has 0 saturated carbocycles. The van der Waals surface area contributed by atoms with Gasteiger partial charge in [-0.15, -0.1) is 0 Å². The van der Waals surface area contributed by atoms with Crippen molar-refractivity contribution in [3.8, 4) is 0 Å². The summed E-state index contributed by atoms with van der Waals surface area (Å²) in [6, 6.07) is 5.70. The average Bonchev–Trinajstić information content (AvgIpc) is 3.63. The number of allylic oxidation sites excluding steroid dienone is 3. The smallest absolute Gasteiger partial charge is 1.00 e. The van der Waals surface area contributed by atoms with Gasteiger partial charge in [0.1, 0.15) is 0 Å². The van der Waals surface area contributed by atoms with E-state index >= 15 is 0 Å². The van der Waals surface area contributed by atoms with E-state index in [4.69, 9.17) is 9.97 Å². The first-order valence-corrected chi connectivity index (χ1v) is 14.6. The zero-order valence-electron chi connectivity index (χ0n) is 31.5. The normalized spacial score (nSPS) is 15.3. The fourth-order valence-electron chi connectivity index (χ4n) is 6.53. The number of nitrogens with zero attached hydrogens (tertiary/aromatic N) is 2. The second kappa shape index (κ2) is 16.6. The minimum absolute atomic E-state index is 0. The van der Waals surface area contributed by atoms with Crippen molar-refractivity contribution in [1.82, 2.24) is 19.9 Å². The van der Waals surface area contributed by atoms with Gasteiger partial charge in [-0.1, -0.05) is 26.5 Å². The quantitative estimate of drug-likeness (QED) is 0.173. The molecule has 0 unspecified atom stereocenters. The minimum Gasteiger partial charge on any atom is -1.00 e. The van der Waals surface area contributed by atoms with Crippen molar-refractivity contribution in [2.75, 3.05) is 0 Å². The molecule has 5 heterocycles. The molecular weight excluding hydrogens is 629 g/mol. The number of hydrogen-bond donors (Lipinski definition) is 5. The van der Waals surface area contributed by atoms with Crippen LogP contribution in [0.5, 0.6) is 0 Å². The van der Waals surface area contributed by atoms with E-state index in [0.717, 1.165) is 45.4 Å². The van der Waals surface area contributed by atoms with Gasteiger partial charge in [-0.3, -0.25) is 14.6 Å². The number of nitrogens with one attached hydrogen (secondary N) is 2. The molecule has 5 N–H and O–H groups in total. The average molecular weight is 669 g/mol. The molecule has 234 valence electrons. The fraction of sp³-hybridized carbons (Fsp3) is 0.324. The second-order valence-electron chi connectivity index (χ2n) is 11.5. The predicted octanol–water partition coefficient (Wildman–Crippen LogP) is -1.96. The Balaban J connectivity index is 0. The number of aromatic carboxylic acids is 1. The van der Waals surface area contributed by atoms with Gasteiger partial charge in [-0.25, -0.2) is 9.78 Å². The summed E-state index contributed by atoms with van der Waals surface area (Å²) < 4.78 is 0. The number of H-pyrrole nitrogens is 2. The number of carbonyl (C=O) groups is 3. The number of carboxylic acids is 3. The second-order valence-corrected chi connectivity index (χ2v) is 11.5. The molecule has 3 aromatic heterocycles. The van der Waals surface area contributed by atoms with E-state index < -0.39 is 30.2 Å². The van der Waals surface area contributed by atoms with Crippen molar-refractivity contribution >= 4 is 51.1 Å². The van der Waals surface area contributed by atoms with Crippen LogP contribution in [0.3, 0.4) is 0 Å². The molecular formula is C34H39N4Na3O6. The number of aromatic nitrogens is 4. The van der Waals surface area contributed by atoms with Crippen molar-refractivity contribution in [3.05, 3.63) is 81.4 Å². The van der Waals surface area contributed by atoms with Crippen LogP contribution in [-0.2, 0) is 22.4 Å². The third-order valence-corrected chi connectivity index (χ3v) is 8.95. The number of rotatable bonds is 8. The molecule has 2 atom stereocenters. The topological polar surface area (TPSA) is 169 Å². The molecule has 5 rings (SSSR count). The van der Waals surface area contributed by atoms with Crippen molar-refractivity contribution < 1.29 is 123 Å². The number of aliphatic carboxylic acids is 2. The van der Waals surface area contributed by atoms with Crippen LogP contribution in [0, 0.1) is 13.8 Å². The van der Waals surface area contributed by atoms with E-state index in [1.165, 1.54) is 0 Å². The summed E-state index contributed by atoms with van der Waals surface area (Å²) in [4.78, 5) is 53.2.